The van der Waals surface area contributed by atoms with Crippen molar-refractivity contribution in [1.82, 2.24) is 0 Å². The lowest BCUT2D eigenvalue weighted by atomic mass is 9.96. The van der Waals surface area contributed by atoms with Crippen molar-refractivity contribution in [2.75, 3.05) is 7.11 Å². The Kier molecular flexibility index (Phi) is 2.95. The normalized spacial score (nSPS) is 12.6. The highest BCUT2D eigenvalue weighted by atomic mass is 16.5. The van der Waals surface area contributed by atoms with Crippen molar-refractivity contribution in [3.8, 4) is 0 Å². The van der Waals surface area contributed by atoms with Crippen LogP contribution in [0.5, 0.6) is 0 Å². The van der Waals surface area contributed by atoms with E-state index in [1.165, 1.54) is 7.11 Å². The van der Waals surface area contributed by atoms with Crippen LogP contribution in [0, 0.1) is 0 Å². The largest absolute Gasteiger partial charge is 0.469 e. The van der Waals surface area contributed by atoms with Gasteiger partial charge < -0.3 is 9.15 Å². The van der Waals surface area contributed by atoms with E-state index in [1.807, 2.05) is 31.2 Å². The van der Waals surface area contributed by atoms with E-state index in [0.717, 1.165) is 16.5 Å². The fourth-order valence-electron chi connectivity index (χ4n) is 1.92. The van der Waals surface area contributed by atoms with Crippen molar-refractivity contribution >= 4 is 16.9 Å². The number of carbonyl (C=O) groups is 1. The van der Waals surface area contributed by atoms with Crippen LogP contribution in [-0.4, -0.2) is 13.1 Å². The molecule has 1 atom stereocenters. The minimum absolute atomic E-state index is 0.214. The number of ether oxygens (including phenoxy) is 1. The molecule has 0 aliphatic heterocycles. The van der Waals surface area contributed by atoms with E-state index in [4.69, 9.17) is 9.15 Å². The van der Waals surface area contributed by atoms with Crippen molar-refractivity contribution in [1.29, 1.82) is 0 Å². The van der Waals surface area contributed by atoms with Crippen LogP contribution in [0.2, 0.25) is 0 Å². The quantitative estimate of drug-likeness (QED) is 0.743. The van der Waals surface area contributed by atoms with Gasteiger partial charge in [0.25, 0.3) is 0 Å². The first-order valence-electron chi connectivity index (χ1n) is 5.32. The molecule has 0 saturated carbocycles. The molecule has 0 N–H and O–H groups in total. The number of methoxy groups -OCH3 is 1. The van der Waals surface area contributed by atoms with Crippen molar-refractivity contribution in [3.63, 3.8) is 0 Å². The van der Waals surface area contributed by atoms with E-state index in [1.54, 1.807) is 6.26 Å². The smallest absolute Gasteiger partial charge is 0.313 e. The van der Waals surface area contributed by atoms with Gasteiger partial charge in [-0.25, -0.2) is 0 Å². The number of rotatable bonds is 3. The minimum Gasteiger partial charge on any atom is -0.469 e. The van der Waals surface area contributed by atoms with Gasteiger partial charge in [0.1, 0.15) is 5.58 Å². The van der Waals surface area contributed by atoms with E-state index in [-0.39, 0.29) is 11.9 Å². The lowest BCUT2D eigenvalue weighted by molar-refractivity contribution is -0.142. The Labute approximate surface area is 94.0 Å². The number of fused-ring (bicyclic) bond motifs is 1. The molecular weight excluding hydrogens is 204 g/mol. The molecule has 0 bridgehead atoms. The molecule has 3 heteroatoms. The average molecular weight is 218 g/mol. The Morgan fingerprint density at radius 3 is 2.88 bits per heavy atom. The summed E-state index contributed by atoms with van der Waals surface area (Å²) < 4.78 is 10.2. The second kappa shape index (κ2) is 4.39. The molecule has 1 aromatic carbocycles. The molecule has 1 heterocycles. The maximum atomic E-state index is 11.6. The third-order valence-electron chi connectivity index (χ3n) is 2.78. The van der Waals surface area contributed by atoms with Crippen molar-refractivity contribution in [2.24, 2.45) is 0 Å². The third kappa shape index (κ3) is 1.69. The molecule has 0 fully saturated rings. The average Bonchev–Trinajstić information content (AvgIpc) is 2.74. The van der Waals surface area contributed by atoms with Crippen LogP contribution in [-0.2, 0) is 9.53 Å². The molecule has 16 heavy (non-hydrogen) atoms. The third-order valence-corrected chi connectivity index (χ3v) is 2.78. The number of benzene rings is 1. The highest BCUT2D eigenvalue weighted by Gasteiger charge is 2.23. The second-order valence-electron chi connectivity index (χ2n) is 3.67. The van der Waals surface area contributed by atoms with Crippen LogP contribution >= 0.6 is 0 Å². The van der Waals surface area contributed by atoms with Crippen molar-refractivity contribution in [3.05, 3.63) is 36.1 Å². The summed E-state index contributed by atoms with van der Waals surface area (Å²) in [4.78, 5) is 11.6. The monoisotopic (exact) mass is 218 g/mol. The molecule has 2 aromatic rings. The van der Waals surface area contributed by atoms with Crippen molar-refractivity contribution < 1.29 is 13.9 Å². The Hall–Kier alpha value is -1.77. The van der Waals surface area contributed by atoms with Gasteiger partial charge in [-0.15, -0.1) is 0 Å². The molecule has 1 unspecified atom stereocenters. The zero-order valence-corrected chi connectivity index (χ0v) is 9.40. The Morgan fingerprint density at radius 1 is 1.44 bits per heavy atom. The van der Waals surface area contributed by atoms with Gasteiger partial charge in [-0.2, -0.15) is 0 Å². The number of furan rings is 1. The number of hydrogen-bond donors (Lipinski definition) is 0. The summed E-state index contributed by atoms with van der Waals surface area (Å²) in [6.07, 6.45) is 2.35. The highest BCUT2D eigenvalue weighted by molar-refractivity contribution is 5.88. The fraction of sp³-hybridized carbons (Fsp3) is 0.308. The summed E-state index contributed by atoms with van der Waals surface area (Å²) in [6, 6.07) is 7.70. The lowest BCUT2D eigenvalue weighted by Crippen LogP contribution is -2.12. The molecule has 0 radical (unpaired) electrons. The van der Waals surface area contributed by atoms with E-state index in [2.05, 4.69) is 0 Å². The van der Waals surface area contributed by atoms with Gasteiger partial charge in [-0.05, 0) is 12.5 Å². The fourth-order valence-corrected chi connectivity index (χ4v) is 1.92. The van der Waals surface area contributed by atoms with Gasteiger partial charge in [-0.3, -0.25) is 4.79 Å². The first kappa shape index (κ1) is 10.7. The van der Waals surface area contributed by atoms with Crippen LogP contribution in [0.15, 0.2) is 34.9 Å². The minimum atomic E-state index is -0.242. The van der Waals surface area contributed by atoms with E-state index in [9.17, 15) is 4.79 Å². The van der Waals surface area contributed by atoms with Crippen LogP contribution < -0.4 is 0 Å². The molecule has 0 aliphatic carbocycles. The topological polar surface area (TPSA) is 39.4 Å². The molecule has 1 aromatic heterocycles. The maximum Gasteiger partial charge on any atom is 0.313 e. The van der Waals surface area contributed by atoms with Gasteiger partial charge in [-0.1, -0.05) is 25.1 Å². The number of hydrogen-bond acceptors (Lipinski definition) is 3. The van der Waals surface area contributed by atoms with Crippen LogP contribution in [0.25, 0.3) is 11.0 Å². The zero-order chi connectivity index (χ0) is 11.5. The number of para-hydroxylation sites is 1. The first-order valence-corrected chi connectivity index (χ1v) is 5.32. The highest BCUT2D eigenvalue weighted by Crippen LogP contribution is 2.30. The van der Waals surface area contributed by atoms with Crippen LogP contribution in [0.4, 0.5) is 0 Å². The van der Waals surface area contributed by atoms with Crippen molar-refractivity contribution in [2.45, 2.75) is 19.3 Å². The summed E-state index contributed by atoms with van der Waals surface area (Å²) in [6.45, 7) is 1.96. The predicted molar refractivity (Wildman–Crippen MR) is 61.3 cm³/mol. The summed E-state index contributed by atoms with van der Waals surface area (Å²) >= 11 is 0. The molecule has 84 valence electrons. The van der Waals surface area contributed by atoms with Gasteiger partial charge in [0.15, 0.2) is 0 Å². The summed E-state index contributed by atoms with van der Waals surface area (Å²) in [5, 5.41) is 0.986. The summed E-state index contributed by atoms with van der Waals surface area (Å²) in [5.74, 6) is -0.456. The molecular formula is C13H14O3. The van der Waals surface area contributed by atoms with E-state index in [0.29, 0.717) is 6.42 Å². The van der Waals surface area contributed by atoms with E-state index >= 15 is 0 Å². The van der Waals surface area contributed by atoms with Crippen LogP contribution in [0.1, 0.15) is 24.8 Å². The predicted octanol–water partition coefficient (Wildman–Crippen LogP) is 3.10. The van der Waals surface area contributed by atoms with Gasteiger partial charge in [0.2, 0.25) is 0 Å². The zero-order valence-electron chi connectivity index (χ0n) is 9.40. The summed E-state index contributed by atoms with van der Waals surface area (Å²) in [7, 11) is 1.41. The Balaban J connectivity index is 2.49. The first-order chi connectivity index (χ1) is 7.77. The van der Waals surface area contributed by atoms with Crippen LogP contribution in [0.3, 0.4) is 0 Å². The second-order valence-corrected chi connectivity index (χ2v) is 3.67. The van der Waals surface area contributed by atoms with E-state index < -0.39 is 0 Å². The van der Waals surface area contributed by atoms with Gasteiger partial charge in [0.05, 0.1) is 19.3 Å². The molecule has 0 spiro atoms. The summed E-state index contributed by atoms with van der Waals surface area (Å²) in [5.41, 5.74) is 1.71. The SMILES string of the molecule is CCC(C(=O)OC)c1coc2ccccc12. The number of carbonyl (C=O) groups excluding carboxylic acids is 1. The Morgan fingerprint density at radius 2 is 2.19 bits per heavy atom. The number of esters is 1. The van der Waals surface area contributed by atoms with Gasteiger partial charge >= 0.3 is 5.97 Å². The molecule has 3 nitrogen and oxygen atoms in total. The van der Waals surface area contributed by atoms with Gasteiger partial charge in [0, 0.05) is 10.9 Å². The molecule has 0 amide bonds. The molecule has 0 aliphatic rings. The lowest BCUT2D eigenvalue weighted by Gasteiger charge is -2.10. The standard InChI is InChI=1S/C13H14O3/c1-3-9(13(14)15-2)11-8-16-12-7-5-4-6-10(11)12/h4-9H,3H2,1-2H3. The Bertz CT molecular complexity index is 499. The molecule has 0 saturated heterocycles. The molecule has 2 rings (SSSR count). The maximum absolute atomic E-state index is 11.6.